The molecule has 0 amide bonds. The maximum absolute atomic E-state index is 11.4. The van der Waals surface area contributed by atoms with Crippen LogP contribution in [-0.4, -0.2) is 33.4 Å². The maximum Gasteiger partial charge on any atom is 0.229 e. The van der Waals surface area contributed by atoms with Crippen molar-refractivity contribution in [3.05, 3.63) is 24.3 Å². The van der Waals surface area contributed by atoms with E-state index in [-0.39, 0.29) is 17.6 Å². The van der Waals surface area contributed by atoms with Crippen LogP contribution in [0.1, 0.15) is 27.2 Å². The number of ether oxygens (including phenoxy) is 1. The monoisotopic (exact) mass is 312 g/mol. The molecule has 0 bridgehead atoms. The van der Waals surface area contributed by atoms with Crippen molar-refractivity contribution in [2.24, 2.45) is 5.41 Å². The molecule has 1 saturated carbocycles. The first kappa shape index (κ1) is 16.1. The third-order valence-electron chi connectivity index (χ3n) is 4.10. The largest absolute Gasteiger partial charge is 0.380 e. The van der Waals surface area contributed by atoms with Gasteiger partial charge in [0.05, 0.1) is 23.7 Å². The summed E-state index contributed by atoms with van der Waals surface area (Å²) in [5, 5.41) is 3.44. The van der Waals surface area contributed by atoms with Gasteiger partial charge in [0.2, 0.25) is 10.0 Å². The summed E-state index contributed by atoms with van der Waals surface area (Å²) in [7, 11) is -3.29. The van der Waals surface area contributed by atoms with Crippen molar-refractivity contribution in [3.63, 3.8) is 0 Å². The molecule has 2 atom stereocenters. The highest BCUT2D eigenvalue weighted by atomic mass is 32.2. The normalized spacial score (nSPS) is 24.2. The minimum atomic E-state index is -3.29. The summed E-state index contributed by atoms with van der Waals surface area (Å²) in [5.74, 6) is 0. The van der Waals surface area contributed by atoms with Gasteiger partial charge in [-0.25, -0.2) is 8.42 Å². The van der Waals surface area contributed by atoms with Crippen LogP contribution in [0, 0.1) is 5.41 Å². The summed E-state index contributed by atoms with van der Waals surface area (Å²) in [6.45, 7) is 7.05. The average Bonchev–Trinajstić information content (AvgIpc) is 2.38. The van der Waals surface area contributed by atoms with Gasteiger partial charge in [0.15, 0.2) is 0 Å². The zero-order valence-corrected chi connectivity index (χ0v) is 13.8. The molecule has 1 aliphatic carbocycles. The Balaban J connectivity index is 2.11. The molecule has 0 radical (unpaired) electrons. The number of sulfonamides is 1. The van der Waals surface area contributed by atoms with Gasteiger partial charge in [-0.05, 0) is 25.5 Å². The van der Waals surface area contributed by atoms with Gasteiger partial charge in [-0.3, -0.25) is 4.72 Å². The lowest BCUT2D eigenvalue weighted by atomic mass is 9.64. The molecule has 1 aliphatic rings. The second-order valence-corrected chi connectivity index (χ2v) is 7.87. The van der Waals surface area contributed by atoms with Crippen molar-refractivity contribution in [3.8, 4) is 0 Å². The van der Waals surface area contributed by atoms with E-state index in [0.29, 0.717) is 12.3 Å². The summed E-state index contributed by atoms with van der Waals surface area (Å²) < 4.78 is 31.1. The van der Waals surface area contributed by atoms with Crippen molar-refractivity contribution in [2.45, 2.75) is 39.3 Å². The summed E-state index contributed by atoms with van der Waals surface area (Å²) in [4.78, 5) is 0. The number of nitrogens with one attached hydrogen (secondary N) is 2. The minimum Gasteiger partial charge on any atom is -0.380 e. The van der Waals surface area contributed by atoms with Crippen LogP contribution in [0.15, 0.2) is 24.3 Å². The molecule has 0 heterocycles. The van der Waals surface area contributed by atoms with Crippen LogP contribution in [0.25, 0.3) is 0 Å². The molecule has 1 aromatic carbocycles. The van der Waals surface area contributed by atoms with Crippen molar-refractivity contribution >= 4 is 21.4 Å². The highest BCUT2D eigenvalue weighted by molar-refractivity contribution is 7.92. The van der Waals surface area contributed by atoms with Crippen molar-refractivity contribution in [2.75, 3.05) is 22.9 Å². The van der Waals surface area contributed by atoms with Gasteiger partial charge in [0.1, 0.15) is 0 Å². The molecule has 0 spiro atoms. The Kier molecular flexibility index (Phi) is 4.49. The van der Waals surface area contributed by atoms with E-state index in [2.05, 4.69) is 23.9 Å². The fourth-order valence-electron chi connectivity index (χ4n) is 2.70. The van der Waals surface area contributed by atoms with E-state index in [1.165, 1.54) is 0 Å². The van der Waals surface area contributed by atoms with Gasteiger partial charge in [-0.15, -0.1) is 0 Å². The summed E-state index contributed by atoms with van der Waals surface area (Å²) in [6, 6.07) is 7.61. The summed E-state index contributed by atoms with van der Waals surface area (Å²) in [5.41, 5.74) is 1.40. The van der Waals surface area contributed by atoms with E-state index in [0.717, 1.165) is 18.4 Å². The van der Waals surface area contributed by atoms with Gasteiger partial charge in [0, 0.05) is 18.1 Å². The first-order valence-electron chi connectivity index (χ1n) is 7.19. The molecule has 0 saturated heterocycles. The second-order valence-electron chi connectivity index (χ2n) is 6.12. The van der Waals surface area contributed by atoms with E-state index in [1.807, 2.05) is 25.1 Å². The number of anilines is 2. The van der Waals surface area contributed by atoms with Gasteiger partial charge in [-0.2, -0.15) is 0 Å². The molecule has 1 fully saturated rings. The third kappa shape index (κ3) is 3.68. The quantitative estimate of drug-likeness (QED) is 0.847. The van der Waals surface area contributed by atoms with Crippen molar-refractivity contribution in [1.29, 1.82) is 0 Å². The van der Waals surface area contributed by atoms with E-state index >= 15 is 0 Å². The molecule has 0 aromatic heterocycles. The van der Waals surface area contributed by atoms with E-state index in [1.54, 1.807) is 6.07 Å². The van der Waals surface area contributed by atoms with Crippen molar-refractivity contribution < 1.29 is 13.2 Å². The lowest BCUT2D eigenvalue weighted by Gasteiger charge is -2.52. The second kappa shape index (κ2) is 5.85. The Bertz CT molecular complexity index is 599. The van der Waals surface area contributed by atoms with Gasteiger partial charge < -0.3 is 10.1 Å². The molecule has 6 heteroatoms. The summed E-state index contributed by atoms with van der Waals surface area (Å²) >= 11 is 0. The van der Waals surface area contributed by atoms with Gasteiger partial charge >= 0.3 is 0 Å². The van der Waals surface area contributed by atoms with Crippen LogP contribution in [-0.2, 0) is 14.8 Å². The van der Waals surface area contributed by atoms with Crippen LogP contribution in [0.2, 0.25) is 0 Å². The maximum atomic E-state index is 11.4. The Morgan fingerprint density at radius 1 is 1.29 bits per heavy atom. The Morgan fingerprint density at radius 2 is 1.90 bits per heavy atom. The fourth-order valence-corrected chi connectivity index (χ4v) is 3.28. The number of para-hydroxylation sites is 2. The molecule has 21 heavy (non-hydrogen) atoms. The molecule has 2 unspecified atom stereocenters. The summed E-state index contributed by atoms with van der Waals surface area (Å²) in [6.07, 6.45) is 2.32. The fraction of sp³-hybridized carbons (Fsp3) is 0.600. The smallest absolute Gasteiger partial charge is 0.229 e. The molecule has 5 nitrogen and oxygen atoms in total. The molecule has 118 valence electrons. The Labute approximate surface area is 127 Å². The zero-order chi connectivity index (χ0) is 15.7. The highest BCUT2D eigenvalue weighted by Crippen LogP contribution is 2.45. The zero-order valence-electron chi connectivity index (χ0n) is 13.0. The lowest BCUT2D eigenvalue weighted by molar-refractivity contribution is -0.0975. The molecule has 2 rings (SSSR count). The first-order chi connectivity index (χ1) is 9.74. The predicted molar refractivity (Wildman–Crippen MR) is 86.1 cm³/mol. The highest BCUT2D eigenvalue weighted by Gasteiger charge is 2.49. The first-order valence-corrected chi connectivity index (χ1v) is 9.08. The SMILES string of the molecule is CCOC1CC(Nc2ccccc2NS(C)(=O)=O)C1(C)C. The van der Waals surface area contributed by atoms with Crippen LogP contribution >= 0.6 is 0 Å². The number of hydrogen-bond acceptors (Lipinski definition) is 4. The third-order valence-corrected chi connectivity index (χ3v) is 4.69. The molecule has 0 aliphatic heterocycles. The van der Waals surface area contributed by atoms with E-state index in [4.69, 9.17) is 4.74 Å². The van der Waals surface area contributed by atoms with Crippen LogP contribution in [0.3, 0.4) is 0 Å². The molecular weight excluding hydrogens is 288 g/mol. The van der Waals surface area contributed by atoms with Crippen LogP contribution < -0.4 is 10.0 Å². The Morgan fingerprint density at radius 3 is 2.43 bits per heavy atom. The minimum absolute atomic E-state index is 0.0220. The van der Waals surface area contributed by atoms with E-state index in [9.17, 15) is 8.42 Å². The number of hydrogen-bond donors (Lipinski definition) is 2. The molecule has 2 N–H and O–H groups in total. The predicted octanol–water partition coefficient (Wildman–Crippen LogP) is 2.67. The average molecular weight is 312 g/mol. The van der Waals surface area contributed by atoms with E-state index < -0.39 is 10.0 Å². The van der Waals surface area contributed by atoms with Gasteiger partial charge in [-0.1, -0.05) is 26.0 Å². The number of benzene rings is 1. The van der Waals surface area contributed by atoms with Crippen LogP contribution in [0.5, 0.6) is 0 Å². The molecule has 1 aromatic rings. The number of rotatable bonds is 6. The van der Waals surface area contributed by atoms with Gasteiger partial charge in [0.25, 0.3) is 0 Å². The standard InChI is InChI=1S/C15H24N2O3S/c1-5-20-14-10-13(15(14,2)3)16-11-8-6-7-9-12(11)17-21(4,18)19/h6-9,13-14,16-17H,5,10H2,1-4H3. The molecular formula is C15H24N2O3S. The Hall–Kier alpha value is -1.27. The van der Waals surface area contributed by atoms with Crippen molar-refractivity contribution in [1.82, 2.24) is 0 Å². The topological polar surface area (TPSA) is 67.4 Å². The van der Waals surface area contributed by atoms with Crippen LogP contribution in [0.4, 0.5) is 11.4 Å². The lowest BCUT2D eigenvalue weighted by Crippen LogP contribution is -2.58.